The summed E-state index contributed by atoms with van der Waals surface area (Å²) in [6.45, 7) is 5.99. The standard InChI is InChI=1S/C12H23N3O/c1-3-14(2)8-9-15-7-6-11(12(15)16)13-10-4-5-10/h10-11,13H,3-9H2,1-2H3. The fraction of sp³-hybridized carbons (Fsp3) is 0.917. The van der Waals surface area contributed by atoms with Crippen LogP contribution in [0.2, 0.25) is 0 Å². The van der Waals surface area contributed by atoms with Crippen molar-refractivity contribution in [1.29, 1.82) is 0 Å². The van der Waals surface area contributed by atoms with E-state index in [1.165, 1.54) is 12.8 Å². The second kappa shape index (κ2) is 5.15. The molecule has 16 heavy (non-hydrogen) atoms. The fourth-order valence-corrected chi connectivity index (χ4v) is 2.10. The van der Waals surface area contributed by atoms with Gasteiger partial charge in [0.15, 0.2) is 0 Å². The Morgan fingerprint density at radius 2 is 2.19 bits per heavy atom. The molecule has 2 aliphatic rings. The SMILES string of the molecule is CCN(C)CCN1CCC(NC2CC2)C1=O. The molecule has 0 aromatic heterocycles. The summed E-state index contributed by atoms with van der Waals surface area (Å²) in [6.07, 6.45) is 3.50. The maximum Gasteiger partial charge on any atom is 0.239 e. The van der Waals surface area contributed by atoms with Crippen molar-refractivity contribution in [2.75, 3.05) is 33.2 Å². The van der Waals surface area contributed by atoms with E-state index in [1.807, 2.05) is 4.90 Å². The summed E-state index contributed by atoms with van der Waals surface area (Å²) in [6, 6.07) is 0.742. The van der Waals surface area contributed by atoms with Crippen LogP contribution in [0, 0.1) is 0 Å². The highest BCUT2D eigenvalue weighted by molar-refractivity contribution is 5.84. The van der Waals surface area contributed by atoms with Crippen molar-refractivity contribution in [2.24, 2.45) is 0 Å². The number of carbonyl (C=O) groups is 1. The molecule has 0 spiro atoms. The second-order valence-electron chi connectivity index (χ2n) is 5.00. The van der Waals surface area contributed by atoms with Crippen molar-refractivity contribution in [3.63, 3.8) is 0 Å². The molecular weight excluding hydrogens is 202 g/mol. The maximum atomic E-state index is 12.0. The number of hydrogen-bond donors (Lipinski definition) is 1. The van der Waals surface area contributed by atoms with Crippen LogP contribution >= 0.6 is 0 Å². The van der Waals surface area contributed by atoms with Crippen molar-refractivity contribution in [2.45, 2.75) is 38.3 Å². The minimum absolute atomic E-state index is 0.111. The smallest absolute Gasteiger partial charge is 0.239 e. The van der Waals surface area contributed by atoms with E-state index in [2.05, 4.69) is 24.2 Å². The molecule has 1 aliphatic heterocycles. The minimum atomic E-state index is 0.111. The lowest BCUT2D eigenvalue weighted by atomic mass is 10.2. The number of likely N-dealkylation sites (N-methyl/N-ethyl adjacent to an activating group) is 1. The van der Waals surface area contributed by atoms with Gasteiger partial charge in [-0.2, -0.15) is 0 Å². The van der Waals surface area contributed by atoms with Gasteiger partial charge in [-0.25, -0.2) is 0 Å². The Hall–Kier alpha value is -0.610. The molecule has 4 heteroatoms. The third-order valence-corrected chi connectivity index (χ3v) is 3.60. The van der Waals surface area contributed by atoms with E-state index in [4.69, 9.17) is 0 Å². The zero-order valence-corrected chi connectivity index (χ0v) is 10.4. The largest absolute Gasteiger partial charge is 0.340 e. The number of carbonyl (C=O) groups excluding carboxylic acids is 1. The third kappa shape index (κ3) is 2.95. The average Bonchev–Trinajstić information content (AvgIpc) is 3.03. The monoisotopic (exact) mass is 225 g/mol. The quantitative estimate of drug-likeness (QED) is 0.706. The molecule has 0 bridgehead atoms. The highest BCUT2D eigenvalue weighted by Gasteiger charge is 2.35. The van der Waals surface area contributed by atoms with Gasteiger partial charge in [-0.05, 0) is 32.9 Å². The third-order valence-electron chi connectivity index (χ3n) is 3.60. The first-order chi connectivity index (χ1) is 7.70. The Kier molecular flexibility index (Phi) is 3.82. The summed E-state index contributed by atoms with van der Waals surface area (Å²) in [4.78, 5) is 16.3. The molecule has 2 fully saturated rings. The van der Waals surface area contributed by atoms with Crippen LogP contribution in [-0.4, -0.2) is 61.0 Å². The van der Waals surface area contributed by atoms with Crippen molar-refractivity contribution in [3.05, 3.63) is 0 Å². The Bertz CT molecular complexity index is 253. The highest BCUT2D eigenvalue weighted by atomic mass is 16.2. The Morgan fingerprint density at radius 1 is 1.44 bits per heavy atom. The normalized spacial score (nSPS) is 25.8. The van der Waals surface area contributed by atoms with E-state index in [0.717, 1.165) is 32.6 Å². The second-order valence-corrected chi connectivity index (χ2v) is 5.00. The van der Waals surface area contributed by atoms with E-state index in [1.54, 1.807) is 0 Å². The topological polar surface area (TPSA) is 35.6 Å². The molecule has 0 aromatic rings. The van der Waals surface area contributed by atoms with E-state index >= 15 is 0 Å². The Morgan fingerprint density at radius 3 is 2.81 bits per heavy atom. The minimum Gasteiger partial charge on any atom is -0.340 e. The molecule has 1 unspecified atom stereocenters. The molecule has 4 nitrogen and oxygen atoms in total. The van der Waals surface area contributed by atoms with Gasteiger partial charge in [0.05, 0.1) is 6.04 Å². The predicted octanol–water partition coefficient (Wildman–Crippen LogP) is 0.291. The molecule has 1 saturated carbocycles. The first kappa shape index (κ1) is 11.9. The number of likely N-dealkylation sites (tertiary alicyclic amines) is 1. The van der Waals surface area contributed by atoms with Crippen LogP contribution in [0.4, 0.5) is 0 Å². The average molecular weight is 225 g/mol. The molecule has 1 amide bonds. The Balaban J connectivity index is 1.72. The molecule has 92 valence electrons. The number of nitrogens with zero attached hydrogens (tertiary/aromatic N) is 2. The first-order valence-corrected chi connectivity index (χ1v) is 6.44. The number of hydrogen-bond acceptors (Lipinski definition) is 3. The van der Waals surface area contributed by atoms with Crippen LogP contribution in [0.3, 0.4) is 0 Å². The van der Waals surface area contributed by atoms with Crippen molar-refractivity contribution < 1.29 is 4.79 Å². The molecule has 1 saturated heterocycles. The predicted molar refractivity (Wildman–Crippen MR) is 64.3 cm³/mol. The van der Waals surface area contributed by atoms with Crippen molar-refractivity contribution >= 4 is 5.91 Å². The molecule has 2 rings (SSSR count). The van der Waals surface area contributed by atoms with Crippen molar-refractivity contribution in [1.82, 2.24) is 15.1 Å². The van der Waals surface area contributed by atoms with Crippen LogP contribution < -0.4 is 5.32 Å². The van der Waals surface area contributed by atoms with Gasteiger partial charge < -0.3 is 15.1 Å². The summed E-state index contributed by atoms with van der Waals surface area (Å²) >= 11 is 0. The van der Waals surface area contributed by atoms with Crippen LogP contribution in [0.25, 0.3) is 0 Å². The van der Waals surface area contributed by atoms with Gasteiger partial charge in [0.25, 0.3) is 0 Å². The summed E-state index contributed by atoms with van der Waals surface area (Å²) in [5, 5.41) is 3.43. The lowest BCUT2D eigenvalue weighted by Gasteiger charge is -2.21. The number of amides is 1. The van der Waals surface area contributed by atoms with E-state index in [-0.39, 0.29) is 6.04 Å². The fourth-order valence-electron chi connectivity index (χ4n) is 2.10. The zero-order valence-electron chi connectivity index (χ0n) is 10.4. The van der Waals surface area contributed by atoms with Crippen LogP contribution in [0.15, 0.2) is 0 Å². The lowest BCUT2D eigenvalue weighted by Crippen LogP contribution is -2.41. The van der Waals surface area contributed by atoms with Crippen molar-refractivity contribution in [3.8, 4) is 0 Å². The van der Waals surface area contributed by atoms with Gasteiger partial charge in [0, 0.05) is 25.7 Å². The molecular formula is C12H23N3O. The molecule has 1 aliphatic carbocycles. The zero-order chi connectivity index (χ0) is 11.5. The molecule has 1 N–H and O–H groups in total. The lowest BCUT2D eigenvalue weighted by molar-refractivity contribution is -0.129. The van der Waals surface area contributed by atoms with Gasteiger partial charge in [0.1, 0.15) is 0 Å². The highest BCUT2D eigenvalue weighted by Crippen LogP contribution is 2.22. The maximum absolute atomic E-state index is 12.0. The van der Waals surface area contributed by atoms with E-state index in [9.17, 15) is 4.79 Å². The molecule has 0 radical (unpaired) electrons. The van der Waals surface area contributed by atoms with Gasteiger partial charge in [0.2, 0.25) is 5.91 Å². The summed E-state index contributed by atoms with van der Waals surface area (Å²) in [5.74, 6) is 0.316. The first-order valence-electron chi connectivity index (χ1n) is 6.44. The summed E-state index contributed by atoms with van der Waals surface area (Å²) in [7, 11) is 2.10. The number of rotatable bonds is 6. The Labute approximate surface area is 98.0 Å². The van der Waals surface area contributed by atoms with E-state index in [0.29, 0.717) is 11.9 Å². The molecule has 0 aromatic carbocycles. The van der Waals surface area contributed by atoms with Crippen LogP contribution in [-0.2, 0) is 4.79 Å². The van der Waals surface area contributed by atoms with E-state index < -0.39 is 0 Å². The van der Waals surface area contributed by atoms with Gasteiger partial charge in [-0.3, -0.25) is 4.79 Å². The van der Waals surface area contributed by atoms with Gasteiger partial charge in [-0.15, -0.1) is 0 Å². The molecule has 1 heterocycles. The molecule has 1 atom stereocenters. The van der Waals surface area contributed by atoms with Crippen LogP contribution in [0.5, 0.6) is 0 Å². The summed E-state index contributed by atoms with van der Waals surface area (Å²) in [5.41, 5.74) is 0. The van der Waals surface area contributed by atoms with Gasteiger partial charge in [-0.1, -0.05) is 6.92 Å². The number of nitrogens with one attached hydrogen (secondary N) is 1. The summed E-state index contributed by atoms with van der Waals surface area (Å²) < 4.78 is 0. The van der Waals surface area contributed by atoms with Gasteiger partial charge >= 0.3 is 0 Å². The van der Waals surface area contributed by atoms with Crippen LogP contribution in [0.1, 0.15) is 26.2 Å².